The molecule has 142 valence electrons. The number of aliphatic hydroxyl groups is 1. The van der Waals surface area contributed by atoms with Gasteiger partial charge in [-0.25, -0.2) is 13.6 Å². The Hall–Kier alpha value is -3.81. The number of halogens is 2. The number of aliphatic carboxylic acids is 1. The molecule has 0 aliphatic heterocycles. The number of carboxylic acid groups (broad SMARTS) is 1. The number of hydrogen-bond acceptors (Lipinski definition) is 4. The van der Waals surface area contributed by atoms with Gasteiger partial charge in [0.2, 0.25) is 0 Å². The van der Waals surface area contributed by atoms with Gasteiger partial charge in [0, 0.05) is 24.2 Å². The number of aromatic nitrogens is 1. The van der Waals surface area contributed by atoms with Crippen molar-refractivity contribution in [3.05, 3.63) is 87.7 Å². The van der Waals surface area contributed by atoms with Gasteiger partial charge in [0.05, 0.1) is 11.1 Å². The predicted molar refractivity (Wildman–Crippen MR) is 96.9 cm³/mol. The van der Waals surface area contributed by atoms with Crippen LogP contribution in [0.25, 0.3) is 16.7 Å². The summed E-state index contributed by atoms with van der Waals surface area (Å²) in [5.41, 5.74) is -0.0537. The first-order chi connectivity index (χ1) is 13.3. The van der Waals surface area contributed by atoms with Crippen molar-refractivity contribution in [1.29, 1.82) is 0 Å². The number of carboxylic acids is 1. The highest BCUT2D eigenvalue weighted by Gasteiger charge is 2.16. The number of ketones is 1. The van der Waals surface area contributed by atoms with E-state index in [-0.39, 0.29) is 17.5 Å². The van der Waals surface area contributed by atoms with Gasteiger partial charge in [-0.15, -0.1) is 0 Å². The van der Waals surface area contributed by atoms with Crippen LogP contribution >= 0.6 is 0 Å². The number of fused-ring (bicyclic) bond motifs is 1. The van der Waals surface area contributed by atoms with Crippen LogP contribution in [0, 0.1) is 11.6 Å². The zero-order valence-corrected chi connectivity index (χ0v) is 14.2. The molecular formula is C20H13F2NO5. The van der Waals surface area contributed by atoms with Crippen LogP contribution in [-0.4, -0.2) is 26.5 Å². The van der Waals surface area contributed by atoms with E-state index < -0.39 is 34.6 Å². The Morgan fingerprint density at radius 1 is 1.04 bits per heavy atom. The summed E-state index contributed by atoms with van der Waals surface area (Å²) in [6.45, 7) is 0.0329. The fraction of sp³-hybridized carbons (Fsp3) is 0.0500. The number of carbonyl (C=O) groups is 2. The largest absolute Gasteiger partial charge is 0.507 e. The van der Waals surface area contributed by atoms with Gasteiger partial charge in [-0.1, -0.05) is 18.2 Å². The maximum absolute atomic E-state index is 13.5. The smallest absolute Gasteiger partial charge is 0.376 e. The van der Waals surface area contributed by atoms with Crippen LogP contribution in [0.4, 0.5) is 8.78 Å². The van der Waals surface area contributed by atoms with Crippen LogP contribution in [0.3, 0.4) is 0 Å². The van der Waals surface area contributed by atoms with Crippen LogP contribution in [-0.2, 0) is 16.1 Å². The Labute approximate surface area is 156 Å². The summed E-state index contributed by atoms with van der Waals surface area (Å²) in [5, 5.41) is 19.0. The molecule has 0 aliphatic carbocycles. The van der Waals surface area contributed by atoms with Crippen molar-refractivity contribution in [2.75, 3.05) is 0 Å². The van der Waals surface area contributed by atoms with Crippen LogP contribution < -0.4 is 5.43 Å². The van der Waals surface area contributed by atoms with Crippen molar-refractivity contribution < 1.29 is 28.6 Å². The van der Waals surface area contributed by atoms with Gasteiger partial charge >= 0.3 is 5.97 Å². The maximum atomic E-state index is 13.5. The molecule has 0 amide bonds. The van der Waals surface area contributed by atoms with E-state index in [9.17, 15) is 28.3 Å². The monoisotopic (exact) mass is 385 g/mol. The topological polar surface area (TPSA) is 96.6 Å². The second kappa shape index (κ2) is 7.43. The minimum atomic E-state index is -1.78. The summed E-state index contributed by atoms with van der Waals surface area (Å²) in [6, 6.07) is 9.74. The third kappa shape index (κ3) is 3.66. The minimum absolute atomic E-state index is 0.0329. The summed E-state index contributed by atoms with van der Waals surface area (Å²) in [6.07, 6.45) is 1.67. The van der Waals surface area contributed by atoms with Crippen molar-refractivity contribution in [1.82, 2.24) is 4.57 Å². The molecular weight excluding hydrogens is 372 g/mol. The molecule has 6 nitrogen and oxygen atoms in total. The molecule has 0 aliphatic rings. The van der Waals surface area contributed by atoms with Gasteiger partial charge in [-0.3, -0.25) is 9.59 Å². The van der Waals surface area contributed by atoms with E-state index in [2.05, 4.69) is 0 Å². The molecule has 0 fully saturated rings. The van der Waals surface area contributed by atoms with Gasteiger partial charge in [-0.2, -0.15) is 0 Å². The summed E-state index contributed by atoms with van der Waals surface area (Å²) in [4.78, 5) is 34.6. The normalized spacial score (nSPS) is 11.6. The van der Waals surface area contributed by atoms with Crippen LogP contribution in [0.15, 0.2) is 59.5 Å². The Balaban J connectivity index is 2.18. The van der Waals surface area contributed by atoms with Crippen LogP contribution in [0.2, 0.25) is 0 Å². The second-order valence-corrected chi connectivity index (χ2v) is 5.96. The number of carbonyl (C=O) groups excluding carboxylic acids is 1. The lowest BCUT2D eigenvalue weighted by Gasteiger charge is -2.13. The van der Waals surface area contributed by atoms with E-state index in [1.165, 1.54) is 22.9 Å². The van der Waals surface area contributed by atoms with Gasteiger partial charge in [0.15, 0.2) is 17.1 Å². The molecule has 0 bridgehead atoms. The van der Waals surface area contributed by atoms with Crippen molar-refractivity contribution in [3.63, 3.8) is 0 Å². The Morgan fingerprint density at radius 2 is 1.75 bits per heavy atom. The number of pyridine rings is 1. The van der Waals surface area contributed by atoms with E-state index in [0.29, 0.717) is 17.2 Å². The third-order valence-electron chi connectivity index (χ3n) is 4.08. The lowest BCUT2D eigenvalue weighted by molar-refractivity contribution is -0.146. The zero-order valence-electron chi connectivity index (χ0n) is 14.2. The van der Waals surface area contributed by atoms with Crippen LogP contribution in [0.5, 0.6) is 0 Å². The lowest BCUT2D eigenvalue weighted by atomic mass is 10.1. The number of hydrogen-bond donors (Lipinski definition) is 2. The molecule has 0 atom stereocenters. The zero-order chi connectivity index (χ0) is 20.4. The number of rotatable bonds is 5. The van der Waals surface area contributed by atoms with Crippen molar-refractivity contribution in [3.8, 4) is 0 Å². The highest BCUT2D eigenvalue weighted by atomic mass is 19.2. The lowest BCUT2D eigenvalue weighted by Crippen LogP contribution is -2.16. The number of nitrogens with zero attached hydrogens (tertiary/aromatic N) is 1. The molecule has 0 saturated carbocycles. The predicted octanol–water partition coefficient (Wildman–Crippen LogP) is 2.88. The molecule has 8 heteroatoms. The standard InChI is InChI=1S/C20H13F2NO5/c21-14-6-5-11(7-15(14)22)9-23-10-13(17(24)8-18(25)20(27)28)19(26)12-3-1-2-4-16(12)23/h1-8,10,24H,9H2,(H,27,28)/b17-8-. The first kappa shape index (κ1) is 19.0. The molecule has 0 unspecified atom stereocenters. The Bertz CT molecular complexity index is 1200. The molecule has 2 N–H and O–H groups in total. The molecule has 3 rings (SSSR count). The average molecular weight is 385 g/mol. The molecule has 0 radical (unpaired) electrons. The Kier molecular flexibility index (Phi) is 5.04. The number of aliphatic hydroxyl groups excluding tert-OH is 1. The fourth-order valence-electron chi connectivity index (χ4n) is 2.76. The minimum Gasteiger partial charge on any atom is -0.507 e. The second-order valence-electron chi connectivity index (χ2n) is 5.96. The van der Waals surface area contributed by atoms with Crippen molar-refractivity contribution >= 4 is 28.4 Å². The van der Waals surface area contributed by atoms with E-state index in [0.717, 1.165) is 12.1 Å². The number of para-hydroxylation sites is 1. The summed E-state index contributed by atoms with van der Waals surface area (Å²) >= 11 is 0. The summed E-state index contributed by atoms with van der Waals surface area (Å²) in [7, 11) is 0. The fourth-order valence-corrected chi connectivity index (χ4v) is 2.76. The first-order valence-corrected chi connectivity index (χ1v) is 8.02. The Morgan fingerprint density at radius 3 is 2.43 bits per heavy atom. The highest BCUT2D eigenvalue weighted by Crippen LogP contribution is 2.18. The molecule has 0 spiro atoms. The summed E-state index contributed by atoms with van der Waals surface area (Å²) in [5.74, 6) is -6.01. The van der Waals surface area contributed by atoms with Gasteiger partial charge < -0.3 is 14.8 Å². The van der Waals surface area contributed by atoms with Gasteiger partial charge in [0.1, 0.15) is 5.76 Å². The molecule has 1 aromatic heterocycles. The SMILES string of the molecule is O=C(O)C(=O)/C=C(\O)c1cn(Cc2ccc(F)c(F)c2)c2ccccc2c1=O. The molecule has 1 heterocycles. The third-order valence-corrected chi connectivity index (χ3v) is 4.08. The first-order valence-electron chi connectivity index (χ1n) is 8.02. The highest BCUT2D eigenvalue weighted by molar-refractivity contribution is 6.38. The number of benzene rings is 2. The maximum Gasteiger partial charge on any atom is 0.376 e. The van der Waals surface area contributed by atoms with E-state index in [4.69, 9.17) is 5.11 Å². The molecule has 0 saturated heterocycles. The van der Waals surface area contributed by atoms with Gasteiger partial charge in [-0.05, 0) is 29.8 Å². The van der Waals surface area contributed by atoms with Crippen molar-refractivity contribution in [2.24, 2.45) is 0 Å². The average Bonchev–Trinajstić information content (AvgIpc) is 2.66. The quantitative estimate of drug-likeness (QED) is 0.400. The van der Waals surface area contributed by atoms with E-state index in [1.807, 2.05) is 0 Å². The van der Waals surface area contributed by atoms with E-state index in [1.54, 1.807) is 18.2 Å². The van der Waals surface area contributed by atoms with E-state index >= 15 is 0 Å². The molecule has 3 aromatic rings. The van der Waals surface area contributed by atoms with Crippen molar-refractivity contribution in [2.45, 2.75) is 6.54 Å². The van der Waals surface area contributed by atoms with Crippen LogP contribution in [0.1, 0.15) is 11.1 Å². The molecule has 2 aromatic carbocycles. The van der Waals surface area contributed by atoms with Gasteiger partial charge in [0.25, 0.3) is 5.78 Å². The summed E-state index contributed by atoms with van der Waals surface area (Å²) < 4.78 is 28.2. The molecule has 28 heavy (non-hydrogen) atoms.